The van der Waals surface area contributed by atoms with Gasteiger partial charge in [0.15, 0.2) is 5.65 Å². The molecule has 1 aliphatic heterocycles. The lowest BCUT2D eigenvalue weighted by atomic mass is 10.1. The molecular formula is C23H19ClFN5O. The predicted octanol–water partition coefficient (Wildman–Crippen LogP) is 5.71. The normalized spacial score (nSPS) is 13.7. The smallest absolute Gasteiger partial charge is 0.321 e. The second-order valence-corrected chi connectivity index (χ2v) is 7.89. The highest BCUT2D eigenvalue weighted by Gasteiger charge is 2.19. The number of halogens is 2. The fourth-order valence-corrected chi connectivity index (χ4v) is 4.02. The van der Waals surface area contributed by atoms with Crippen LogP contribution >= 0.6 is 11.6 Å². The first-order valence-corrected chi connectivity index (χ1v) is 10.4. The number of nitrogens with one attached hydrogen (secondary N) is 2. The van der Waals surface area contributed by atoms with Crippen molar-refractivity contribution in [3.8, 4) is 22.5 Å². The number of amides is 2. The monoisotopic (exact) mass is 435 g/mol. The second kappa shape index (κ2) is 8.00. The summed E-state index contributed by atoms with van der Waals surface area (Å²) in [5.74, 6) is -0.0989. The molecule has 31 heavy (non-hydrogen) atoms. The van der Waals surface area contributed by atoms with Crippen molar-refractivity contribution in [2.75, 3.05) is 18.4 Å². The zero-order valence-corrected chi connectivity index (χ0v) is 17.3. The van der Waals surface area contributed by atoms with Gasteiger partial charge in [-0.3, -0.25) is 0 Å². The number of hydrogen-bond donors (Lipinski definition) is 2. The third-order valence-corrected chi connectivity index (χ3v) is 5.72. The van der Waals surface area contributed by atoms with Crippen molar-refractivity contribution in [1.29, 1.82) is 0 Å². The van der Waals surface area contributed by atoms with Gasteiger partial charge in [0.05, 0.1) is 11.1 Å². The molecule has 0 atom stereocenters. The Morgan fingerprint density at radius 1 is 1.10 bits per heavy atom. The van der Waals surface area contributed by atoms with Crippen LogP contribution in [0.5, 0.6) is 0 Å². The lowest BCUT2D eigenvalue weighted by Crippen LogP contribution is -2.32. The third kappa shape index (κ3) is 3.84. The average Bonchev–Trinajstić information content (AvgIpc) is 3.45. The van der Waals surface area contributed by atoms with E-state index < -0.39 is 5.82 Å². The van der Waals surface area contributed by atoms with Crippen molar-refractivity contribution in [2.45, 2.75) is 12.8 Å². The van der Waals surface area contributed by atoms with Gasteiger partial charge in [0, 0.05) is 41.1 Å². The zero-order chi connectivity index (χ0) is 21.4. The summed E-state index contributed by atoms with van der Waals surface area (Å²) in [4.78, 5) is 26.1. The van der Waals surface area contributed by atoms with E-state index in [0.29, 0.717) is 27.7 Å². The number of fused-ring (bicyclic) bond motifs is 1. The number of aromatic amines is 1. The average molecular weight is 436 g/mol. The maximum Gasteiger partial charge on any atom is 0.321 e. The highest BCUT2D eigenvalue weighted by molar-refractivity contribution is 6.33. The van der Waals surface area contributed by atoms with Gasteiger partial charge < -0.3 is 15.2 Å². The van der Waals surface area contributed by atoms with Crippen LogP contribution in [0.2, 0.25) is 5.02 Å². The van der Waals surface area contributed by atoms with Crippen LogP contribution in [-0.2, 0) is 0 Å². The van der Waals surface area contributed by atoms with E-state index in [9.17, 15) is 9.18 Å². The Morgan fingerprint density at radius 3 is 2.71 bits per heavy atom. The van der Waals surface area contributed by atoms with Crippen LogP contribution in [0.1, 0.15) is 12.8 Å². The summed E-state index contributed by atoms with van der Waals surface area (Å²) in [6.07, 6.45) is 3.70. The minimum atomic E-state index is -0.440. The van der Waals surface area contributed by atoms with Crippen LogP contribution in [0.15, 0.2) is 54.7 Å². The van der Waals surface area contributed by atoms with Crippen molar-refractivity contribution in [1.82, 2.24) is 19.9 Å². The molecule has 0 radical (unpaired) electrons. The van der Waals surface area contributed by atoms with E-state index in [4.69, 9.17) is 11.6 Å². The SMILES string of the molecule is O=C(Nc1ccc(F)c(-c2nc3ncc(-c4ccccc4Cl)cc3[nH]2)c1)N1CCCC1. The van der Waals surface area contributed by atoms with Crippen LogP contribution in [-0.4, -0.2) is 39.0 Å². The van der Waals surface area contributed by atoms with Gasteiger partial charge in [0.1, 0.15) is 11.6 Å². The minimum absolute atomic E-state index is 0.175. The van der Waals surface area contributed by atoms with E-state index in [1.807, 2.05) is 30.3 Å². The van der Waals surface area contributed by atoms with Gasteiger partial charge in [-0.05, 0) is 43.2 Å². The molecule has 0 unspecified atom stereocenters. The van der Waals surface area contributed by atoms with E-state index in [-0.39, 0.29) is 11.6 Å². The van der Waals surface area contributed by atoms with E-state index in [0.717, 1.165) is 37.1 Å². The van der Waals surface area contributed by atoms with Crippen molar-refractivity contribution in [3.05, 3.63) is 65.6 Å². The van der Waals surface area contributed by atoms with Crippen molar-refractivity contribution < 1.29 is 9.18 Å². The molecule has 1 aliphatic rings. The number of urea groups is 1. The molecule has 0 bridgehead atoms. The van der Waals surface area contributed by atoms with Crippen LogP contribution in [0.25, 0.3) is 33.7 Å². The molecule has 2 aromatic carbocycles. The minimum Gasteiger partial charge on any atom is -0.336 e. The summed E-state index contributed by atoms with van der Waals surface area (Å²) in [6, 6.07) is 13.7. The maximum absolute atomic E-state index is 14.6. The fourth-order valence-electron chi connectivity index (χ4n) is 3.78. The summed E-state index contributed by atoms with van der Waals surface area (Å²) in [5, 5.41) is 3.46. The van der Waals surface area contributed by atoms with E-state index in [2.05, 4.69) is 20.3 Å². The zero-order valence-electron chi connectivity index (χ0n) is 16.5. The molecule has 2 aromatic heterocycles. The highest BCUT2D eigenvalue weighted by atomic mass is 35.5. The summed E-state index contributed by atoms with van der Waals surface area (Å²) in [7, 11) is 0. The molecule has 0 aliphatic carbocycles. The van der Waals surface area contributed by atoms with Crippen molar-refractivity contribution in [3.63, 3.8) is 0 Å². The number of anilines is 1. The van der Waals surface area contributed by atoms with Gasteiger partial charge in [0.25, 0.3) is 0 Å². The molecule has 1 fully saturated rings. The van der Waals surface area contributed by atoms with Gasteiger partial charge in [-0.2, -0.15) is 0 Å². The summed E-state index contributed by atoms with van der Waals surface area (Å²) in [6.45, 7) is 1.48. The lowest BCUT2D eigenvalue weighted by molar-refractivity contribution is 0.222. The molecule has 6 nitrogen and oxygen atoms in total. The number of carbonyl (C=O) groups is 1. The number of hydrogen-bond acceptors (Lipinski definition) is 3. The number of carbonyl (C=O) groups excluding carboxylic acids is 1. The van der Waals surface area contributed by atoms with Crippen LogP contribution in [0.4, 0.5) is 14.9 Å². The summed E-state index contributed by atoms with van der Waals surface area (Å²) in [5.41, 5.74) is 3.60. The standard InChI is InChI=1S/C23H19ClFN5O/c24-18-6-2-1-5-16(18)14-11-20-22(26-13-14)29-21(28-20)17-12-15(7-8-19(17)25)27-23(31)30-9-3-4-10-30/h1-2,5-8,11-13H,3-4,9-10H2,(H,27,31)(H,26,28,29). The topological polar surface area (TPSA) is 73.9 Å². The Morgan fingerprint density at radius 2 is 1.90 bits per heavy atom. The number of likely N-dealkylation sites (tertiary alicyclic amines) is 1. The Hall–Kier alpha value is -3.45. The molecule has 2 N–H and O–H groups in total. The molecule has 0 spiro atoms. The van der Waals surface area contributed by atoms with Crippen molar-refractivity contribution >= 4 is 34.5 Å². The largest absolute Gasteiger partial charge is 0.336 e. The van der Waals surface area contributed by atoms with Gasteiger partial charge in [-0.25, -0.2) is 19.2 Å². The molecule has 0 saturated carbocycles. The van der Waals surface area contributed by atoms with Gasteiger partial charge in [-0.1, -0.05) is 29.8 Å². The fraction of sp³-hybridized carbons (Fsp3) is 0.174. The molecule has 2 amide bonds. The third-order valence-electron chi connectivity index (χ3n) is 5.39. The quantitative estimate of drug-likeness (QED) is 0.432. The first-order chi connectivity index (χ1) is 15.1. The molecule has 1 saturated heterocycles. The molecule has 5 rings (SSSR count). The summed E-state index contributed by atoms with van der Waals surface area (Å²) >= 11 is 6.30. The number of pyridine rings is 1. The Balaban J connectivity index is 1.47. The lowest BCUT2D eigenvalue weighted by Gasteiger charge is -2.16. The van der Waals surface area contributed by atoms with Gasteiger partial charge >= 0.3 is 6.03 Å². The van der Waals surface area contributed by atoms with Gasteiger partial charge in [0.2, 0.25) is 0 Å². The number of aromatic nitrogens is 3. The van der Waals surface area contributed by atoms with Gasteiger partial charge in [-0.15, -0.1) is 0 Å². The molecule has 8 heteroatoms. The number of H-pyrrole nitrogens is 1. The Kier molecular flexibility index (Phi) is 5.03. The summed E-state index contributed by atoms with van der Waals surface area (Å²) < 4.78 is 14.6. The number of nitrogens with zero attached hydrogens (tertiary/aromatic N) is 3. The first-order valence-electron chi connectivity index (χ1n) is 10.0. The predicted molar refractivity (Wildman–Crippen MR) is 120 cm³/mol. The number of imidazole rings is 1. The Labute approximate surface area is 183 Å². The van der Waals surface area contributed by atoms with E-state index in [1.165, 1.54) is 6.07 Å². The molecule has 156 valence electrons. The molecule has 3 heterocycles. The van der Waals surface area contributed by atoms with E-state index in [1.54, 1.807) is 23.2 Å². The van der Waals surface area contributed by atoms with E-state index >= 15 is 0 Å². The van der Waals surface area contributed by atoms with Crippen LogP contribution < -0.4 is 5.32 Å². The van der Waals surface area contributed by atoms with Crippen LogP contribution in [0, 0.1) is 5.82 Å². The second-order valence-electron chi connectivity index (χ2n) is 7.48. The number of rotatable bonds is 3. The highest BCUT2D eigenvalue weighted by Crippen LogP contribution is 2.30. The number of benzene rings is 2. The molecular weight excluding hydrogens is 417 g/mol. The molecule has 4 aromatic rings. The maximum atomic E-state index is 14.6. The Bertz CT molecular complexity index is 1280. The van der Waals surface area contributed by atoms with Crippen LogP contribution in [0.3, 0.4) is 0 Å². The first kappa shape index (κ1) is 19.5. The van der Waals surface area contributed by atoms with Crippen molar-refractivity contribution in [2.24, 2.45) is 0 Å².